The lowest BCUT2D eigenvalue weighted by atomic mass is 10.1. The van der Waals surface area contributed by atoms with E-state index in [9.17, 15) is 4.79 Å². The summed E-state index contributed by atoms with van der Waals surface area (Å²) in [5.74, 6) is 0.109. The number of para-hydroxylation sites is 1. The Morgan fingerprint density at radius 2 is 1.77 bits per heavy atom. The van der Waals surface area contributed by atoms with E-state index in [-0.39, 0.29) is 5.91 Å². The molecule has 3 heterocycles. The van der Waals surface area contributed by atoms with Crippen LogP contribution in [0, 0.1) is 13.8 Å². The maximum absolute atomic E-state index is 12.7. The van der Waals surface area contributed by atoms with Crippen LogP contribution >= 0.6 is 0 Å². The third-order valence-electron chi connectivity index (χ3n) is 5.39. The SMILES string of the molecule is COc1ncc(-c2ccccc2N2CCN(C(=O)Cn3nc(C)cc3C)CC2)cn1. The van der Waals surface area contributed by atoms with E-state index in [0.717, 1.165) is 41.3 Å². The molecule has 0 atom stereocenters. The number of carbonyl (C=O) groups excluding carboxylic acids is 1. The summed E-state index contributed by atoms with van der Waals surface area (Å²) in [6.07, 6.45) is 3.55. The van der Waals surface area contributed by atoms with Crippen LogP contribution in [0.1, 0.15) is 11.4 Å². The minimum Gasteiger partial charge on any atom is -0.467 e. The number of amides is 1. The van der Waals surface area contributed by atoms with E-state index in [1.165, 1.54) is 0 Å². The molecule has 8 heteroatoms. The van der Waals surface area contributed by atoms with Crippen molar-refractivity contribution in [3.8, 4) is 17.1 Å². The number of methoxy groups -OCH3 is 1. The van der Waals surface area contributed by atoms with Crippen molar-refractivity contribution in [1.82, 2.24) is 24.6 Å². The van der Waals surface area contributed by atoms with Crippen molar-refractivity contribution < 1.29 is 9.53 Å². The molecule has 0 radical (unpaired) electrons. The largest absolute Gasteiger partial charge is 0.467 e. The lowest BCUT2D eigenvalue weighted by molar-refractivity contribution is -0.132. The van der Waals surface area contributed by atoms with Crippen LogP contribution in [0.4, 0.5) is 5.69 Å². The minimum absolute atomic E-state index is 0.109. The number of hydrogen-bond acceptors (Lipinski definition) is 6. The van der Waals surface area contributed by atoms with E-state index in [1.807, 2.05) is 36.9 Å². The highest BCUT2D eigenvalue weighted by Crippen LogP contribution is 2.31. The molecule has 1 aliphatic rings. The molecule has 0 bridgehead atoms. The zero-order valence-corrected chi connectivity index (χ0v) is 17.6. The number of aryl methyl sites for hydroxylation is 2. The zero-order chi connectivity index (χ0) is 21.1. The van der Waals surface area contributed by atoms with Crippen LogP contribution in [-0.2, 0) is 11.3 Å². The summed E-state index contributed by atoms with van der Waals surface area (Å²) in [4.78, 5) is 25.4. The molecule has 3 aromatic rings. The normalized spacial score (nSPS) is 14.1. The molecule has 2 aromatic heterocycles. The average molecular weight is 406 g/mol. The van der Waals surface area contributed by atoms with Gasteiger partial charge in [0.2, 0.25) is 5.91 Å². The molecule has 156 valence electrons. The molecule has 30 heavy (non-hydrogen) atoms. The Morgan fingerprint density at radius 1 is 1.07 bits per heavy atom. The second kappa shape index (κ2) is 8.52. The molecule has 0 N–H and O–H groups in total. The molecular weight excluding hydrogens is 380 g/mol. The summed E-state index contributed by atoms with van der Waals surface area (Å²) < 4.78 is 6.84. The number of piperazine rings is 1. The molecule has 4 rings (SSSR count). The first-order valence-corrected chi connectivity index (χ1v) is 10.0. The molecule has 0 saturated carbocycles. The maximum Gasteiger partial charge on any atom is 0.316 e. The Kier molecular flexibility index (Phi) is 5.65. The molecule has 0 aliphatic carbocycles. The first kappa shape index (κ1) is 19.9. The third kappa shape index (κ3) is 4.12. The topological polar surface area (TPSA) is 76.4 Å². The number of carbonyl (C=O) groups is 1. The number of ether oxygens (including phenoxy) is 1. The summed E-state index contributed by atoms with van der Waals surface area (Å²) >= 11 is 0. The summed E-state index contributed by atoms with van der Waals surface area (Å²) in [6.45, 7) is 7.13. The zero-order valence-electron chi connectivity index (χ0n) is 17.6. The van der Waals surface area contributed by atoms with Gasteiger partial charge in [-0.25, -0.2) is 9.97 Å². The van der Waals surface area contributed by atoms with Gasteiger partial charge in [0.25, 0.3) is 0 Å². The monoisotopic (exact) mass is 406 g/mol. The van der Waals surface area contributed by atoms with Crippen molar-refractivity contribution in [2.45, 2.75) is 20.4 Å². The highest BCUT2D eigenvalue weighted by molar-refractivity contribution is 5.79. The van der Waals surface area contributed by atoms with E-state index < -0.39 is 0 Å². The molecule has 1 aliphatic heterocycles. The Bertz CT molecular complexity index is 1020. The molecule has 1 fully saturated rings. The van der Waals surface area contributed by atoms with Crippen LogP contribution in [0.5, 0.6) is 6.01 Å². The van der Waals surface area contributed by atoms with Crippen LogP contribution in [-0.4, -0.2) is 63.8 Å². The molecule has 1 aromatic carbocycles. The van der Waals surface area contributed by atoms with Gasteiger partial charge >= 0.3 is 6.01 Å². The van der Waals surface area contributed by atoms with E-state index >= 15 is 0 Å². The lowest BCUT2D eigenvalue weighted by Crippen LogP contribution is -2.49. The number of nitrogens with zero attached hydrogens (tertiary/aromatic N) is 6. The summed E-state index contributed by atoms with van der Waals surface area (Å²) in [6, 6.07) is 10.6. The molecular formula is C22H26N6O2. The molecule has 8 nitrogen and oxygen atoms in total. The molecule has 0 unspecified atom stereocenters. The average Bonchev–Trinajstić information content (AvgIpc) is 3.10. The minimum atomic E-state index is 0.109. The second-order valence-corrected chi connectivity index (χ2v) is 7.43. The van der Waals surface area contributed by atoms with Crippen molar-refractivity contribution in [1.29, 1.82) is 0 Å². The van der Waals surface area contributed by atoms with Gasteiger partial charge in [0, 0.05) is 61.1 Å². The van der Waals surface area contributed by atoms with Crippen LogP contribution < -0.4 is 9.64 Å². The number of benzene rings is 1. The van der Waals surface area contributed by atoms with Crippen molar-refractivity contribution in [2.75, 3.05) is 38.2 Å². The van der Waals surface area contributed by atoms with Crippen LogP contribution in [0.2, 0.25) is 0 Å². The van der Waals surface area contributed by atoms with Crippen molar-refractivity contribution in [3.63, 3.8) is 0 Å². The number of hydrogen-bond donors (Lipinski definition) is 0. The van der Waals surface area contributed by atoms with Gasteiger partial charge in [-0.1, -0.05) is 18.2 Å². The van der Waals surface area contributed by atoms with Gasteiger partial charge in [0.15, 0.2) is 0 Å². The van der Waals surface area contributed by atoms with Crippen LogP contribution in [0.25, 0.3) is 11.1 Å². The second-order valence-electron chi connectivity index (χ2n) is 7.43. The van der Waals surface area contributed by atoms with E-state index in [1.54, 1.807) is 24.2 Å². The van der Waals surface area contributed by atoms with E-state index in [2.05, 4.69) is 32.1 Å². The standard InChI is InChI=1S/C22H26N6O2/c1-16-12-17(2)28(25-16)15-21(29)27-10-8-26(9-11-27)20-7-5-4-6-19(20)18-13-23-22(30-3)24-14-18/h4-7,12-14H,8-11,15H2,1-3H3. The number of anilines is 1. The molecule has 1 amide bonds. The van der Waals surface area contributed by atoms with Gasteiger partial charge < -0.3 is 14.5 Å². The fourth-order valence-corrected chi connectivity index (χ4v) is 3.81. The molecule has 1 saturated heterocycles. The fourth-order valence-electron chi connectivity index (χ4n) is 3.81. The van der Waals surface area contributed by atoms with Crippen LogP contribution in [0.3, 0.4) is 0 Å². The highest BCUT2D eigenvalue weighted by atomic mass is 16.5. The van der Waals surface area contributed by atoms with Gasteiger partial charge in [0.05, 0.1) is 12.8 Å². The smallest absolute Gasteiger partial charge is 0.316 e. The van der Waals surface area contributed by atoms with Gasteiger partial charge in [-0.3, -0.25) is 9.48 Å². The van der Waals surface area contributed by atoms with E-state index in [0.29, 0.717) is 25.6 Å². The maximum atomic E-state index is 12.7. The Hall–Kier alpha value is -3.42. The van der Waals surface area contributed by atoms with Gasteiger partial charge in [-0.15, -0.1) is 0 Å². The van der Waals surface area contributed by atoms with Gasteiger partial charge in [-0.2, -0.15) is 5.10 Å². The van der Waals surface area contributed by atoms with Gasteiger partial charge in [-0.05, 0) is 26.0 Å². The number of aromatic nitrogens is 4. The summed E-state index contributed by atoms with van der Waals surface area (Å²) in [5.41, 5.74) is 5.08. The predicted molar refractivity (Wildman–Crippen MR) is 115 cm³/mol. The highest BCUT2D eigenvalue weighted by Gasteiger charge is 2.23. The predicted octanol–water partition coefficient (Wildman–Crippen LogP) is 2.31. The summed E-state index contributed by atoms with van der Waals surface area (Å²) in [5, 5.41) is 4.40. The van der Waals surface area contributed by atoms with Crippen LogP contribution in [0.15, 0.2) is 42.7 Å². The fraction of sp³-hybridized carbons (Fsp3) is 0.364. The van der Waals surface area contributed by atoms with Gasteiger partial charge in [0.1, 0.15) is 6.54 Å². The van der Waals surface area contributed by atoms with E-state index in [4.69, 9.17) is 4.74 Å². The first-order valence-electron chi connectivity index (χ1n) is 10.0. The van der Waals surface area contributed by atoms with Crippen molar-refractivity contribution >= 4 is 11.6 Å². The number of rotatable bonds is 5. The third-order valence-corrected chi connectivity index (χ3v) is 5.39. The van der Waals surface area contributed by atoms with Crippen molar-refractivity contribution in [3.05, 3.63) is 54.1 Å². The Labute approximate surface area is 176 Å². The Morgan fingerprint density at radius 3 is 2.40 bits per heavy atom. The molecule has 0 spiro atoms. The first-order chi connectivity index (χ1) is 14.5. The summed E-state index contributed by atoms with van der Waals surface area (Å²) in [7, 11) is 1.55. The van der Waals surface area contributed by atoms with Crippen molar-refractivity contribution in [2.24, 2.45) is 0 Å². The Balaban J connectivity index is 1.44. The quantitative estimate of drug-likeness (QED) is 0.647. The lowest BCUT2D eigenvalue weighted by Gasteiger charge is -2.37.